The molecule has 0 saturated heterocycles. The van der Waals surface area contributed by atoms with Crippen molar-refractivity contribution >= 4 is 17.6 Å². The van der Waals surface area contributed by atoms with Crippen molar-refractivity contribution in [1.82, 2.24) is 4.98 Å². The summed E-state index contributed by atoms with van der Waals surface area (Å²) < 4.78 is 10.4. The van der Waals surface area contributed by atoms with Crippen LogP contribution >= 0.6 is 0 Å². The Balaban J connectivity index is 1.85. The van der Waals surface area contributed by atoms with Gasteiger partial charge in [-0.2, -0.15) is 0 Å². The minimum absolute atomic E-state index is 0.438. The van der Waals surface area contributed by atoms with Crippen molar-refractivity contribution < 1.29 is 13.9 Å². The number of carbonyl (C=O) groups excluding carboxylic acids is 1. The number of amides is 1. The van der Waals surface area contributed by atoms with Gasteiger partial charge in [0.05, 0.1) is 24.7 Å². The lowest BCUT2D eigenvalue weighted by atomic mass is 10.2. The normalized spacial score (nSPS) is 11.0. The maximum Gasteiger partial charge on any atom is 0.413 e. The van der Waals surface area contributed by atoms with Gasteiger partial charge in [0.25, 0.3) is 0 Å². The molecule has 0 unspecified atom stereocenters. The molecule has 0 aliphatic carbocycles. The van der Waals surface area contributed by atoms with Gasteiger partial charge in [-0.25, -0.2) is 9.78 Å². The van der Waals surface area contributed by atoms with Crippen LogP contribution in [-0.2, 0) is 11.3 Å². The third-order valence-corrected chi connectivity index (χ3v) is 2.44. The predicted octanol–water partition coefficient (Wildman–Crippen LogP) is 3.63. The molecule has 0 radical (unpaired) electrons. The third-order valence-electron chi connectivity index (χ3n) is 2.44. The quantitative estimate of drug-likeness (QED) is 0.898. The minimum Gasteiger partial charge on any atom is -0.467 e. The molecule has 0 fully saturated rings. The second-order valence-electron chi connectivity index (χ2n) is 5.49. The Morgan fingerprint density at radius 3 is 2.71 bits per heavy atom. The zero-order valence-electron chi connectivity index (χ0n) is 12.3. The maximum absolute atomic E-state index is 11.6. The average molecular weight is 289 g/mol. The van der Waals surface area contributed by atoms with Crippen molar-refractivity contribution in [3.63, 3.8) is 0 Å². The van der Waals surface area contributed by atoms with Gasteiger partial charge in [0.2, 0.25) is 0 Å². The van der Waals surface area contributed by atoms with E-state index in [0.717, 1.165) is 11.4 Å². The molecule has 6 heteroatoms. The number of anilines is 2. The Labute approximate surface area is 123 Å². The fourth-order valence-corrected chi connectivity index (χ4v) is 1.58. The van der Waals surface area contributed by atoms with Gasteiger partial charge < -0.3 is 14.5 Å². The fourth-order valence-electron chi connectivity index (χ4n) is 1.58. The first kappa shape index (κ1) is 14.9. The van der Waals surface area contributed by atoms with Crippen molar-refractivity contribution in [2.24, 2.45) is 0 Å². The standard InChI is InChI=1S/C15H19N3O3/c1-15(2,3)21-14(19)18-13-7-6-11(9-17-13)16-10-12-5-4-8-20-12/h4-9,16H,10H2,1-3H3,(H,17,18,19). The summed E-state index contributed by atoms with van der Waals surface area (Å²) in [5, 5.41) is 5.74. The average Bonchev–Trinajstić information content (AvgIpc) is 2.89. The van der Waals surface area contributed by atoms with Crippen LogP contribution in [-0.4, -0.2) is 16.7 Å². The van der Waals surface area contributed by atoms with Crippen LogP contribution in [0.25, 0.3) is 0 Å². The lowest BCUT2D eigenvalue weighted by Gasteiger charge is -2.19. The molecule has 2 rings (SSSR count). The van der Waals surface area contributed by atoms with Crippen LogP contribution in [0.1, 0.15) is 26.5 Å². The summed E-state index contributed by atoms with van der Waals surface area (Å²) in [4.78, 5) is 15.7. The number of hydrogen-bond acceptors (Lipinski definition) is 5. The molecule has 2 N–H and O–H groups in total. The first-order chi connectivity index (χ1) is 9.92. The molecule has 0 bridgehead atoms. The molecule has 0 spiro atoms. The van der Waals surface area contributed by atoms with E-state index in [9.17, 15) is 4.79 Å². The molecule has 2 aromatic heterocycles. The molecule has 0 atom stereocenters. The van der Waals surface area contributed by atoms with E-state index in [1.54, 1.807) is 18.5 Å². The van der Waals surface area contributed by atoms with Gasteiger partial charge in [0.15, 0.2) is 0 Å². The molecule has 112 valence electrons. The second kappa shape index (κ2) is 6.30. The van der Waals surface area contributed by atoms with Crippen LogP contribution in [0.3, 0.4) is 0 Å². The van der Waals surface area contributed by atoms with E-state index < -0.39 is 11.7 Å². The SMILES string of the molecule is CC(C)(C)OC(=O)Nc1ccc(NCc2ccco2)cn1. The molecule has 1 amide bonds. The van der Waals surface area contributed by atoms with Crippen LogP contribution in [0, 0.1) is 0 Å². The Morgan fingerprint density at radius 1 is 1.33 bits per heavy atom. The molecule has 0 aliphatic heterocycles. The Hall–Kier alpha value is -2.50. The van der Waals surface area contributed by atoms with E-state index in [2.05, 4.69) is 15.6 Å². The third kappa shape index (κ3) is 5.18. The number of hydrogen-bond donors (Lipinski definition) is 2. The lowest BCUT2D eigenvalue weighted by molar-refractivity contribution is 0.0635. The number of nitrogens with one attached hydrogen (secondary N) is 2. The van der Waals surface area contributed by atoms with E-state index in [1.165, 1.54) is 0 Å². The van der Waals surface area contributed by atoms with Crippen molar-refractivity contribution in [1.29, 1.82) is 0 Å². The van der Waals surface area contributed by atoms with Gasteiger partial charge in [0.1, 0.15) is 17.2 Å². The summed E-state index contributed by atoms with van der Waals surface area (Å²) in [6.07, 6.45) is 2.74. The molecule has 21 heavy (non-hydrogen) atoms. The summed E-state index contributed by atoms with van der Waals surface area (Å²) in [5.41, 5.74) is 0.301. The van der Waals surface area contributed by atoms with E-state index >= 15 is 0 Å². The van der Waals surface area contributed by atoms with Gasteiger partial charge >= 0.3 is 6.09 Å². The zero-order valence-corrected chi connectivity index (χ0v) is 12.3. The van der Waals surface area contributed by atoms with E-state index in [0.29, 0.717) is 12.4 Å². The van der Waals surface area contributed by atoms with Crippen molar-refractivity contribution in [2.45, 2.75) is 32.9 Å². The Kier molecular flexibility index (Phi) is 4.47. The zero-order chi connectivity index (χ0) is 15.3. The van der Waals surface area contributed by atoms with Crippen molar-refractivity contribution in [3.05, 3.63) is 42.5 Å². The summed E-state index contributed by atoms with van der Waals surface area (Å²) >= 11 is 0. The number of pyridine rings is 1. The summed E-state index contributed by atoms with van der Waals surface area (Å²) in [7, 11) is 0. The lowest BCUT2D eigenvalue weighted by Crippen LogP contribution is -2.27. The number of furan rings is 1. The molecule has 2 heterocycles. The minimum atomic E-state index is -0.533. The Morgan fingerprint density at radius 2 is 2.14 bits per heavy atom. The molecule has 0 saturated carbocycles. The highest BCUT2D eigenvalue weighted by atomic mass is 16.6. The van der Waals surface area contributed by atoms with Crippen LogP contribution in [0.15, 0.2) is 41.1 Å². The second-order valence-corrected chi connectivity index (χ2v) is 5.49. The Bertz CT molecular complexity index is 571. The summed E-state index contributed by atoms with van der Waals surface area (Å²) in [6.45, 7) is 6.00. The monoisotopic (exact) mass is 289 g/mol. The van der Waals surface area contributed by atoms with Gasteiger partial charge in [-0.05, 0) is 45.0 Å². The predicted molar refractivity (Wildman–Crippen MR) is 80.1 cm³/mol. The highest BCUT2D eigenvalue weighted by Gasteiger charge is 2.16. The van der Waals surface area contributed by atoms with Gasteiger partial charge in [0, 0.05) is 0 Å². The van der Waals surface area contributed by atoms with E-state index in [4.69, 9.17) is 9.15 Å². The highest BCUT2D eigenvalue weighted by molar-refractivity contribution is 5.83. The number of rotatable bonds is 4. The van der Waals surface area contributed by atoms with Crippen LogP contribution < -0.4 is 10.6 Å². The maximum atomic E-state index is 11.6. The number of ether oxygens (including phenoxy) is 1. The number of nitrogens with zero attached hydrogens (tertiary/aromatic N) is 1. The highest BCUT2D eigenvalue weighted by Crippen LogP contribution is 2.13. The summed E-state index contributed by atoms with van der Waals surface area (Å²) in [6, 6.07) is 7.25. The largest absolute Gasteiger partial charge is 0.467 e. The number of aromatic nitrogens is 1. The first-order valence-electron chi connectivity index (χ1n) is 6.65. The first-order valence-corrected chi connectivity index (χ1v) is 6.65. The molecule has 2 aromatic rings. The van der Waals surface area contributed by atoms with Crippen molar-refractivity contribution in [3.8, 4) is 0 Å². The topological polar surface area (TPSA) is 76.4 Å². The number of carbonyl (C=O) groups is 1. The van der Waals surface area contributed by atoms with Gasteiger partial charge in [-0.3, -0.25) is 5.32 Å². The van der Waals surface area contributed by atoms with Crippen LogP contribution in [0.5, 0.6) is 0 Å². The molecule has 6 nitrogen and oxygen atoms in total. The fraction of sp³-hybridized carbons (Fsp3) is 0.333. The smallest absolute Gasteiger partial charge is 0.413 e. The summed E-state index contributed by atoms with van der Waals surface area (Å²) in [5.74, 6) is 1.28. The van der Waals surface area contributed by atoms with Gasteiger partial charge in [-0.15, -0.1) is 0 Å². The van der Waals surface area contributed by atoms with Gasteiger partial charge in [-0.1, -0.05) is 0 Å². The molecule has 0 aromatic carbocycles. The van der Waals surface area contributed by atoms with Crippen LogP contribution in [0.4, 0.5) is 16.3 Å². The van der Waals surface area contributed by atoms with E-state index in [1.807, 2.05) is 39.0 Å². The van der Waals surface area contributed by atoms with Crippen molar-refractivity contribution in [2.75, 3.05) is 10.6 Å². The molecular weight excluding hydrogens is 270 g/mol. The molecule has 0 aliphatic rings. The van der Waals surface area contributed by atoms with E-state index in [-0.39, 0.29) is 0 Å². The molecular formula is C15H19N3O3. The van der Waals surface area contributed by atoms with Crippen LogP contribution in [0.2, 0.25) is 0 Å².